The Morgan fingerprint density at radius 2 is 2.12 bits per heavy atom. The van der Waals surface area contributed by atoms with Gasteiger partial charge in [0.05, 0.1) is 0 Å². The smallest absolute Gasteiger partial charge is 0.293 e. The highest BCUT2D eigenvalue weighted by molar-refractivity contribution is 5.38. The third kappa shape index (κ3) is 1.64. The molecule has 0 aliphatic heterocycles. The molecular formula is C15H24O2. The third-order valence-electron chi connectivity index (χ3n) is 5.69. The molecule has 1 fully saturated rings. The molecule has 0 radical (unpaired) electrons. The molecule has 0 spiro atoms. The predicted octanol–water partition coefficient (Wildman–Crippen LogP) is 3.71. The van der Waals surface area contributed by atoms with Crippen molar-refractivity contribution < 1.29 is 9.53 Å². The van der Waals surface area contributed by atoms with Gasteiger partial charge in [-0.1, -0.05) is 32.4 Å². The average molecular weight is 236 g/mol. The summed E-state index contributed by atoms with van der Waals surface area (Å²) < 4.78 is 5.47. The number of ether oxygens (including phenoxy) is 1. The number of hydrogen-bond acceptors (Lipinski definition) is 2. The first kappa shape index (κ1) is 12.7. The SMILES string of the molecule is CC1=CCC[C@]2(C)[C@H](OC=O)[C@@H](C)CC[C@]12C. The van der Waals surface area contributed by atoms with Crippen molar-refractivity contribution in [3.8, 4) is 0 Å². The second kappa shape index (κ2) is 4.15. The highest BCUT2D eigenvalue weighted by Crippen LogP contribution is 2.60. The summed E-state index contributed by atoms with van der Waals surface area (Å²) in [5.74, 6) is 0.476. The molecule has 17 heavy (non-hydrogen) atoms. The van der Waals surface area contributed by atoms with Crippen LogP contribution in [0.1, 0.15) is 53.4 Å². The minimum atomic E-state index is 0.0717. The van der Waals surface area contributed by atoms with Gasteiger partial charge in [0.25, 0.3) is 6.47 Å². The molecule has 0 bridgehead atoms. The fraction of sp³-hybridized carbons (Fsp3) is 0.800. The van der Waals surface area contributed by atoms with Crippen molar-refractivity contribution in [3.05, 3.63) is 11.6 Å². The maximum atomic E-state index is 10.8. The summed E-state index contributed by atoms with van der Waals surface area (Å²) in [4.78, 5) is 10.8. The van der Waals surface area contributed by atoms with Crippen LogP contribution < -0.4 is 0 Å². The van der Waals surface area contributed by atoms with Gasteiger partial charge >= 0.3 is 0 Å². The first-order valence-corrected chi connectivity index (χ1v) is 6.72. The Labute approximate surface area is 104 Å². The lowest BCUT2D eigenvalue weighted by Crippen LogP contribution is -2.55. The van der Waals surface area contributed by atoms with E-state index in [1.807, 2.05) is 0 Å². The zero-order chi connectivity index (χ0) is 12.7. The number of carbonyl (C=O) groups is 1. The van der Waals surface area contributed by atoms with E-state index in [1.165, 1.54) is 12.0 Å². The monoisotopic (exact) mass is 236 g/mol. The summed E-state index contributed by atoms with van der Waals surface area (Å²) in [6, 6.07) is 0. The van der Waals surface area contributed by atoms with Gasteiger partial charge in [-0.3, -0.25) is 4.79 Å². The van der Waals surface area contributed by atoms with E-state index in [0.29, 0.717) is 12.4 Å². The molecule has 2 aliphatic carbocycles. The first-order chi connectivity index (χ1) is 7.95. The van der Waals surface area contributed by atoms with Crippen LogP contribution in [0.25, 0.3) is 0 Å². The first-order valence-electron chi connectivity index (χ1n) is 6.72. The Kier molecular flexibility index (Phi) is 3.09. The van der Waals surface area contributed by atoms with Crippen LogP contribution in [0.4, 0.5) is 0 Å². The molecule has 0 saturated heterocycles. The zero-order valence-corrected chi connectivity index (χ0v) is 11.5. The van der Waals surface area contributed by atoms with Crippen molar-refractivity contribution >= 4 is 6.47 Å². The molecule has 0 amide bonds. The predicted molar refractivity (Wildman–Crippen MR) is 68.5 cm³/mol. The summed E-state index contributed by atoms with van der Waals surface area (Å²) in [5, 5.41) is 0. The fourth-order valence-corrected chi connectivity index (χ4v) is 4.12. The standard InChI is InChI=1S/C15H24O2/c1-11-7-9-14(3)12(2)6-5-8-15(14,4)13(11)17-10-16/h6,10-11,13H,5,7-9H2,1-4H3/t11-,13+,14+,15+/m0/s1. The van der Waals surface area contributed by atoms with Crippen LogP contribution in [0.3, 0.4) is 0 Å². The Morgan fingerprint density at radius 1 is 1.41 bits per heavy atom. The van der Waals surface area contributed by atoms with Crippen molar-refractivity contribution in [1.29, 1.82) is 0 Å². The van der Waals surface area contributed by atoms with E-state index in [2.05, 4.69) is 33.8 Å². The van der Waals surface area contributed by atoms with Gasteiger partial charge < -0.3 is 4.74 Å². The summed E-state index contributed by atoms with van der Waals surface area (Å²) in [6.45, 7) is 9.77. The molecule has 2 rings (SSSR count). The molecule has 2 aliphatic rings. The average Bonchev–Trinajstić information content (AvgIpc) is 2.29. The highest BCUT2D eigenvalue weighted by Gasteiger charge is 2.56. The van der Waals surface area contributed by atoms with Gasteiger partial charge in [-0.25, -0.2) is 0 Å². The quantitative estimate of drug-likeness (QED) is 0.539. The summed E-state index contributed by atoms with van der Waals surface area (Å²) in [7, 11) is 0. The number of fused-ring (bicyclic) bond motifs is 1. The summed E-state index contributed by atoms with van der Waals surface area (Å²) in [5.41, 5.74) is 1.79. The topological polar surface area (TPSA) is 26.3 Å². The number of rotatable bonds is 2. The van der Waals surface area contributed by atoms with E-state index in [4.69, 9.17) is 4.74 Å². The molecule has 2 nitrogen and oxygen atoms in total. The number of allylic oxidation sites excluding steroid dienone is 2. The van der Waals surface area contributed by atoms with E-state index in [0.717, 1.165) is 19.3 Å². The molecule has 0 aromatic carbocycles. The maximum absolute atomic E-state index is 10.8. The zero-order valence-electron chi connectivity index (χ0n) is 11.5. The maximum Gasteiger partial charge on any atom is 0.293 e. The minimum absolute atomic E-state index is 0.0717. The van der Waals surface area contributed by atoms with Gasteiger partial charge in [-0.05, 0) is 43.9 Å². The van der Waals surface area contributed by atoms with Gasteiger partial charge in [-0.15, -0.1) is 0 Å². The van der Waals surface area contributed by atoms with Crippen LogP contribution in [-0.4, -0.2) is 12.6 Å². The van der Waals surface area contributed by atoms with Crippen LogP contribution in [0, 0.1) is 16.7 Å². The molecule has 0 aromatic rings. The van der Waals surface area contributed by atoms with E-state index >= 15 is 0 Å². The Morgan fingerprint density at radius 3 is 2.76 bits per heavy atom. The van der Waals surface area contributed by atoms with Crippen LogP contribution in [0.15, 0.2) is 11.6 Å². The van der Waals surface area contributed by atoms with Gasteiger partial charge in [0.2, 0.25) is 0 Å². The lowest BCUT2D eigenvalue weighted by Gasteiger charge is -2.58. The Balaban J connectivity index is 2.42. The van der Waals surface area contributed by atoms with Crippen molar-refractivity contribution in [2.24, 2.45) is 16.7 Å². The summed E-state index contributed by atoms with van der Waals surface area (Å²) >= 11 is 0. The Hall–Kier alpha value is -0.790. The minimum Gasteiger partial charge on any atom is -0.464 e. The molecule has 2 heteroatoms. The number of hydrogen-bond donors (Lipinski definition) is 0. The largest absolute Gasteiger partial charge is 0.464 e. The molecular weight excluding hydrogens is 212 g/mol. The normalized spacial score (nSPS) is 45.8. The molecule has 4 atom stereocenters. The van der Waals surface area contributed by atoms with E-state index < -0.39 is 0 Å². The van der Waals surface area contributed by atoms with Crippen LogP contribution in [0.2, 0.25) is 0 Å². The van der Waals surface area contributed by atoms with Gasteiger partial charge in [0.15, 0.2) is 0 Å². The van der Waals surface area contributed by atoms with Gasteiger partial charge in [0.1, 0.15) is 6.10 Å². The Bertz CT molecular complexity index is 347. The second-order valence-electron chi connectivity index (χ2n) is 6.34. The van der Waals surface area contributed by atoms with Crippen LogP contribution in [-0.2, 0) is 9.53 Å². The highest BCUT2D eigenvalue weighted by atomic mass is 16.5. The molecule has 1 saturated carbocycles. The van der Waals surface area contributed by atoms with Crippen LogP contribution in [0.5, 0.6) is 0 Å². The molecule has 0 unspecified atom stereocenters. The van der Waals surface area contributed by atoms with Gasteiger partial charge in [0, 0.05) is 5.41 Å². The third-order valence-corrected chi connectivity index (χ3v) is 5.69. The second-order valence-corrected chi connectivity index (χ2v) is 6.34. The summed E-state index contributed by atoms with van der Waals surface area (Å²) in [6.07, 6.45) is 7.05. The lowest BCUT2D eigenvalue weighted by atomic mass is 9.48. The molecule has 96 valence electrons. The lowest BCUT2D eigenvalue weighted by molar-refractivity contribution is -0.164. The molecule has 0 heterocycles. The molecule has 0 aromatic heterocycles. The van der Waals surface area contributed by atoms with Crippen molar-refractivity contribution in [1.82, 2.24) is 0 Å². The number of carbonyl (C=O) groups excluding carboxylic acids is 1. The van der Waals surface area contributed by atoms with Crippen LogP contribution >= 0.6 is 0 Å². The van der Waals surface area contributed by atoms with E-state index in [-0.39, 0.29) is 16.9 Å². The van der Waals surface area contributed by atoms with Crippen molar-refractivity contribution in [3.63, 3.8) is 0 Å². The van der Waals surface area contributed by atoms with Crippen molar-refractivity contribution in [2.45, 2.75) is 59.5 Å². The van der Waals surface area contributed by atoms with E-state index in [1.54, 1.807) is 0 Å². The van der Waals surface area contributed by atoms with E-state index in [9.17, 15) is 4.79 Å². The van der Waals surface area contributed by atoms with Crippen molar-refractivity contribution in [2.75, 3.05) is 0 Å². The van der Waals surface area contributed by atoms with Gasteiger partial charge in [-0.2, -0.15) is 0 Å². The fourth-order valence-electron chi connectivity index (χ4n) is 4.12. The molecule has 0 N–H and O–H groups in total.